The van der Waals surface area contributed by atoms with Gasteiger partial charge in [0.15, 0.2) is 5.69 Å². The van der Waals surface area contributed by atoms with Crippen LogP contribution in [0.2, 0.25) is 5.02 Å². The first-order valence-corrected chi connectivity index (χ1v) is 8.71. The zero-order chi connectivity index (χ0) is 18.4. The Morgan fingerprint density at radius 1 is 1.31 bits per heavy atom. The van der Waals surface area contributed by atoms with E-state index < -0.39 is 17.7 Å². The molecule has 4 nitrogen and oxygen atoms in total. The largest absolute Gasteiger partial charge is 0.330 e. The number of benzene rings is 1. The Morgan fingerprint density at radius 3 is 2.77 bits per heavy atom. The molecule has 0 bridgehead atoms. The van der Waals surface area contributed by atoms with Crippen molar-refractivity contribution in [2.45, 2.75) is 32.4 Å². The maximum atomic E-state index is 14.8. The first kappa shape index (κ1) is 17.0. The number of hydrogen-bond donors (Lipinski definition) is 0. The molecular weight excluding hydrogens is 360 g/mol. The van der Waals surface area contributed by atoms with Crippen molar-refractivity contribution in [2.24, 2.45) is 0 Å². The number of carbonyl (C=O) groups is 1. The van der Waals surface area contributed by atoms with E-state index in [1.807, 2.05) is 6.92 Å². The molecule has 2 aromatic heterocycles. The number of rotatable bonds is 4. The number of hydrogen-bond acceptors (Lipinski definition) is 2. The minimum Gasteiger partial charge on any atom is -0.330 e. The summed E-state index contributed by atoms with van der Waals surface area (Å²) in [6, 6.07) is 7.78. The number of pyridine rings is 1. The van der Waals surface area contributed by atoms with Crippen molar-refractivity contribution in [1.29, 1.82) is 0 Å². The van der Waals surface area contributed by atoms with Gasteiger partial charge in [0, 0.05) is 22.8 Å². The Bertz CT molecular complexity index is 993. The summed E-state index contributed by atoms with van der Waals surface area (Å²) in [4.78, 5) is 18.6. The molecular formula is C19H16ClF2N3O. The number of fused-ring (bicyclic) bond motifs is 1. The first-order chi connectivity index (χ1) is 12.5. The Balaban J connectivity index is 1.72. The van der Waals surface area contributed by atoms with E-state index >= 15 is 0 Å². The fourth-order valence-corrected chi connectivity index (χ4v) is 3.22. The molecule has 0 saturated heterocycles. The minimum atomic E-state index is -0.709. The molecule has 0 atom stereocenters. The van der Waals surface area contributed by atoms with Crippen LogP contribution in [0.25, 0.3) is 5.65 Å². The van der Waals surface area contributed by atoms with Gasteiger partial charge < -0.3 is 4.90 Å². The van der Waals surface area contributed by atoms with Gasteiger partial charge in [0.1, 0.15) is 11.5 Å². The molecule has 1 saturated carbocycles. The molecule has 134 valence electrons. The number of halogens is 3. The summed E-state index contributed by atoms with van der Waals surface area (Å²) in [6.07, 6.45) is 3.18. The maximum absolute atomic E-state index is 14.8. The van der Waals surface area contributed by atoms with Gasteiger partial charge in [0.05, 0.1) is 6.54 Å². The summed E-state index contributed by atoms with van der Waals surface area (Å²) in [5.41, 5.74) is 1.19. The number of nitrogens with zero attached hydrogens (tertiary/aromatic N) is 3. The van der Waals surface area contributed by atoms with Gasteiger partial charge >= 0.3 is 0 Å². The summed E-state index contributed by atoms with van der Waals surface area (Å²) in [5, 5.41) is 0.245. The average Bonchev–Trinajstić information content (AvgIpc) is 3.39. The molecule has 1 aliphatic carbocycles. The lowest BCUT2D eigenvalue weighted by Crippen LogP contribution is -2.34. The standard InChI is InChI=1S/C19H16ClF2N3O/c1-11-5-8-16-23-17(18(22)25(16)9-11)19(26)24(12-6-7-12)10-13-14(20)3-2-4-15(13)21/h2-5,8-9,12H,6-7,10H2,1H3. The smallest absolute Gasteiger partial charge is 0.277 e. The Morgan fingerprint density at radius 2 is 2.08 bits per heavy atom. The van der Waals surface area contributed by atoms with Crippen LogP contribution in [0.3, 0.4) is 0 Å². The molecule has 0 radical (unpaired) electrons. The van der Waals surface area contributed by atoms with E-state index in [9.17, 15) is 13.6 Å². The minimum absolute atomic E-state index is 0.0126. The molecule has 0 aliphatic heterocycles. The van der Waals surface area contributed by atoms with Crippen molar-refractivity contribution in [1.82, 2.24) is 14.3 Å². The summed E-state index contributed by atoms with van der Waals surface area (Å²) >= 11 is 6.09. The Labute approximate surface area is 154 Å². The van der Waals surface area contributed by atoms with E-state index in [1.54, 1.807) is 24.4 Å². The SMILES string of the molecule is Cc1ccc2nc(C(=O)N(Cc3c(F)cccc3Cl)C3CC3)c(F)n2c1. The lowest BCUT2D eigenvalue weighted by molar-refractivity contribution is 0.0717. The molecule has 3 aromatic rings. The second kappa shape index (κ2) is 6.36. The van der Waals surface area contributed by atoms with E-state index in [0.717, 1.165) is 18.4 Å². The molecule has 1 aromatic carbocycles. The third-order valence-electron chi connectivity index (χ3n) is 4.55. The van der Waals surface area contributed by atoms with Gasteiger partial charge in [-0.1, -0.05) is 23.7 Å². The van der Waals surface area contributed by atoms with Crippen molar-refractivity contribution < 1.29 is 13.6 Å². The monoisotopic (exact) mass is 375 g/mol. The molecule has 1 aliphatic rings. The van der Waals surface area contributed by atoms with Crippen LogP contribution in [0.1, 0.15) is 34.5 Å². The quantitative estimate of drug-likeness (QED) is 0.678. The molecule has 1 fully saturated rings. The average molecular weight is 376 g/mol. The third kappa shape index (κ3) is 2.94. The van der Waals surface area contributed by atoms with Gasteiger partial charge in [-0.3, -0.25) is 9.20 Å². The Hall–Kier alpha value is -2.47. The number of amides is 1. The van der Waals surface area contributed by atoms with Gasteiger partial charge in [-0.05, 0) is 43.5 Å². The fourth-order valence-electron chi connectivity index (χ4n) is 3.00. The zero-order valence-electron chi connectivity index (χ0n) is 14.0. The van der Waals surface area contributed by atoms with E-state index in [-0.39, 0.29) is 28.9 Å². The van der Waals surface area contributed by atoms with Gasteiger partial charge in [-0.2, -0.15) is 4.39 Å². The van der Waals surface area contributed by atoms with Crippen LogP contribution in [-0.2, 0) is 6.54 Å². The first-order valence-electron chi connectivity index (χ1n) is 8.34. The maximum Gasteiger partial charge on any atom is 0.277 e. The predicted octanol–water partition coefficient (Wildman–Crippen LogP) is 4.38. The van der Waals surface area contributed by atoms with Crippen LogP contribution >= 0.6 is 11.6 Å². The van der Waals surface area contributed by atoms with Crippen LogP contribution in [0.15, 0.2) is 36.5 Å². The lowest BCUT2D eigenvalue weighted by atomic mass is 10.2. The highest BCUT2D eigenvalue weighted by Crippen LogP contribution is 2.32. The molecule has 7 heteroatoms. The number of imidazole rings is 1. The molecule has 4 rings (SSSR count). The topological polar surface area (TPSA) is 37.6 Å². The summed E-state index contributed by atoms with van der Waals surface area (Å²) in [7, 11) is 0. The molecule has 1 amide bonds. The van der Waals surface area contributed by atoms with E-state index in [4.69, 9.17) is 11.6 Å². The highest BCUT2D eigenvalue weighted by atomic mass is 35.5. The van der Waals surface area contributed by atoms with Crippen molar-refractivity contribution in [3.8, 4) is 0 Å². The lowest BCUT2D eigenvalue weighted by Gasteiger charge is -2.22. The van der Waals surface area contributed by atoms with Crippen molar-refractivity contribution in [2.75, 3.05) is 0 Å². The molecule has 26 heavy (non-hydrogen) atoms. The molecule has 0 unspecified atom stereocenters. The molecule has 0 spiro atoms. The third-order valence-corrected chi connectivity index (χ3v) is 4.90. The van der Waals surface area contributed by atoms with Crippen LogP contribution in [0.4, 0.5) is 8.78 Å². The van der Waals surface area contributed by atoms with E-state index in [1.165, 1.54) is 21.4 Å². The molecule has 0 N–H and O–H groups in total. The van der Waals surface area contributed by atoms with Gasteiger partial charge in [-0.15, -0.1) is 0 Å². The highest BCUT2D eigenvalue weighted by Gasteiger charge is 2.36. The molecule has 2 heterocycles. The predicted molar refractivity (Wildman–Crippen MR) is 94.2 cm³/mol. The second-order valence-corrected chi connectivity index (χ2v) is 6.96. The van der Waals surface area contributed by atoms with Crippen molar-refractivity contribution >= 4 is 23.2 Å². The number of carbonyl (C=O) groups excluding carboxylic acids is 1. The number of aryl methyl sites for hydroxylation is 1. The van der Waals surface area contributed by atoms with Gasteiger partial charge in [-0.25, -0.2) is 9.37 Å². The van der Waals surface area contributed by atoms with Crippen LogP contribution in [-0.4, -0.2) is 26.2 Å². The van der Waals surface area contributed by atoms with Gasteiger partial charge in [0.2, 0.25) is 5.95 Å². The van der Waals surface area contributed by atoms with Gasteiger partial charge in [0.25, 0.3) is 5.91 Å². The van der Waals surface area contributed by atoms with Crippen molar-refractivity contribution in [3.05, 3.63) is 70.1 Å². The second-order valence-electron chi connectivity index (χ2n) is 6.55. The zero-order valence-corrected chi connectivity index (χ0v) is 14.8. The normalized spacial score (nSPS) is 14.0. The summed E-state index contributed by atoms with van der Waals surface area (Å²) in [6.45, 7) is 1.82. The number of aromatic nitrogens is 2. The van der Waals surface area contributed by atoms with Crippen LogP contribution in [0, 0.1) is 18.7 Å². The van der Waals surface area contributed by atoms with Crippen LogP contribution in [0.5, 0.6) is 0 Å². The Kier molecular flexibility index (Phi) is 4.15. The summed E-state index contributed by atoms with van der Waals surface area (Å²) < 4.78 is 30.1. The van der Waals surface area contributed by atoms with E-state index in [0.29, 0.717) is 5.65 Å². The van der Waals surface area contributed by atoms with E-state index in [2.05, 4.69) is 4.98 Å². The fraction of sp³-hybridized carbons (Fsp3) is 0.263. The summed E-state index contributed by atoms with van der Waals surface area (Å²) in [5.74, 6) is -1.74. The highest BCUT2D eigenvalue weighted by molar-refractivity contribution is 6.31. The van der Waals surface area contributed by atoms with Crippen molar-refractivity contribution in [3.63, 3.8) is 0 Å². The van der Waals surface area contributed by atoms with Crippen LogP contribution < -0.4 is 0 Å².